The SMILES string of the molecule is CNc1cc(S(=O)(=O)Nc2cccc(COC)c2)ccn1. The van der Waals surface area contributed by atoms with E-state index in [9.17, 15) is 8.42 Å². The first-order valence-electron chi connectivity index (χ1n) is 6.29. The topological polar surface area (TPSA) is 80.3 Å². The number of rotatable bonds is 6. The predicted octanol–water partition coefficient (Wildman–Crippen LogP) is 2.07. The summed E-state index contributed by atoms with van der Waals surface area (Å²) in [5.74, 6) is 0.492. The molecule has 0 radical (unpaired) electrons. The summed E-state index contributed by atoms with van der Waals surface area (Å²) < 4.78 is 32.3. The van der Waals surface area contributed by atoms with Gasteiger partial charge in [-0.05, 0) is 23.8 Å². The highest BCUT2D eigenvalue weighted by atomic mass is 32.2. The van der Waals surface area contributed by atoms with Crippen LogP contribution in [0.2, 0.25) is 0 Å². The molecular formula is C14H17N3O3S. The van der Waals surface area contributed by atoms with Crippen molar-refractivity contribution in [3.8, 4) is 0 Å². The molecule has 6 nitrogen and oxygen atoms in total. The molecule has 0 bridgehead atoms. The predicted molar refractivity (Wildman–Crippen MR) is 81.7 cm³/mol. The van der Waals surface area contributed by atoms with Crippen molar-refractivity contribution >= 4 is 21.5 Å². The number of aromatic nitrogens is 1. The minimum Gasteiger partial charge on any atom is -0.380 e. The number of ether oxygens (including phenoxy) is 1. The molecule has 1 aromatic carbocycles. The Morgan fingerprint density at radius 1 is 1.24 bits per heavy atom. The van der Waals surface area contributed by atoms with Crippen LogP contribution in [0.4, 0.5) is 11.5 Å². The molecule has 2 rings (SSSR count). The van der Waals surface area contributed by atoms with Gasteiger partial charge in [-0.25, -0.2) is 13.4 Å². The van der Waals surface area contributed by atoms with Crippen LogP contribution >= 0.6 is 0 Å². The maximum absolute atomic E-state index is 12.3. The summed E-state index contributed by atoms with van der Waals surface area (Å²) in [5.41, 5.74) is 1.38. The van der Waals surface area contributed by atoms with Gasteiger partial charge >= 0.3 is 0 Å². The average molecular weight is 307 g/mol. The molecule has 21 heavy (non-hydrogen) atoms. The number of nitrogens with one attached hydrogen (secondary N) is 2. The van der Waals surface area contributed by atoms with E-state index in [0.717, 1.165) is 5.56 Å². The highest BCUT2D eigenvalue weighted by molar-refractivity contribution is 7.92. The van der Waals surface area contributed by atoms with Gasteiger partial charge in [0.05, 0.1) is 11.5 Å². The van der Waals surface area contributed by atoms with Gasteiger partial charge in [-0.1, -0.05) is 12.1 Å². The van der Waals surface area contributed by atoms with Crippen molar-refractivity contribution in [2.24, 2.45) is 0 Å². The van der Waals surface area contributed by atoms with E-state index in [1.807, 2.05) is 6.07 Å². The van der Waals surface area contributed by atoms with Gasteiger partial charge in [0.1, 0.15) is 5.82 Å². The molecular weight excluding hydrogens is 290 g/mol. The van der Waals surface area contributed by atoms with Crippen LogP contribution in [0.3, 0.4) is 0 Å². The Labute approximate surface area is 124 Å². The number of sulfonamides is 1. The Morgan fingerprint density at radius 2 is 2.05 bits per heavy atom. The molecule has 0 fully saturated rings. The quantitative estimate of drug-likeness (QED) is 0.854. The summed E-state index contributed by atoms with van der Waals surface area (Å²) in [7, 11) is -0.377. The van der Waals surface area contributed by atoms with Gasteiger partial charge in [0, 0.05) is 32.1 Å². The standard InChI is InChI=1S/C14H17N3O3S/c1-15-14-9-13(6-7-16-14)21(18,19)17-12-5-3-4-11(8-12)10-20-2/h3-9,17H,10H2,1-2H3,(H,15,16). The molecule has 0 saturated carbocycles. The number of hydrogen-bond donors (Lipinski definition) is 2. The second-order valence-electron chi connectivity index (χ2n) is 4.37. The minimum atomic E-state index is -3.65. The van der Waals surface area contributed by atoms with Gasteiger partial charge in [0.15, 0.2) is 0 Å². The Balaban J connectivity index is 2.26. The van der Waals surface area contributed by atoms with Crippen LogP contribution in [0, 0.1) is 0 Å². The second-order valence-corrected chi connectivity index (χ2v) is 6.05. The van der Waals surface area contributed by atoms with Crippen LogP contribution in [0.15, 0.2) is 47.5 Å². The number of hydrogen-bond acceptors (Lipinski definition) is 5. The van der Waals surface area contributed by atoms with Gasteiger partial charge in [-0.15, -0.1) is 0 Å². The van der Waals surface area contributed by atoms with Gasteiger partial charge in [-0.2, -0.15) is 0 Å². The normalized spacial score (nSPS) is 11.1. The fourth-order valence-corrected chi connectivity index (χ4v) is 2.88. The molecule has 0 aliphatic carbocycles. The number of benzene rings is 1. The summed E-state index contributed by atoms with van der Waals surface area (Å²) in [6.07, 6.45) is 1.45. The maximum atomic E-state index is 12.3. The molecule has 2 N–H and O–H groups in total. The lowest BCUT2D eigenvalue weighted by Crippen LogP contribution is -2.13. The van der Waals surface area contributed by atoms with E-state index in [1.54, 1.807) is 32.4 Å². The highest BCUT2D eigenvalue weighted by Gasteiger charge is 2.15. The van der Waals surface area contributed by atoms with Crippen molar-refractivity contribution in [3.05, 3.63) is 48.2 Å². The van der Waals surface area contributed by atoms with E-state index in [1.165, 1.54) is 18.3 Å². The lowest BCUT2D eigenvalue weighted by Gasteiger charge is -2.10. The molecule has 112 valence electrons. The zero-order valence-corrected chi connectivity index (χ0v) is 12.6. The Kier molecular flexibility index (Phi) is 4.77. The fraction of sp³-hybridized carbons (Fsp3) is 0.214. The van der Waals surface area contributed by atoms with E-state index in [0.29, 0.717) is 18.1 Å². The van der Waals surface area contributed by atoms with Crippen LogP contribution in [-0.4, -0.2) is 27.6 Å². The number of nitrogens with zero attached hydrogens (tertiary/aromatic N) is 1. The fourth-order valence-electron chi connectivity index (χ4n) is 1.82. The Bertz CT molecular complexity index is 717. The second kappa shape index (κ2) is 6.55. The summed E-state index contributed by atoms with van der Waals surface area (Å²) in [4.78, 5) is 4.15. The van der Waals surface area contributed by atoms with Crippen molar-refractivity contribution in [1.82, 2.24) is 4.98 Å². The molecule has 0 unspecified atom stereocenters. The van der Waals surface area contributed by atoms with Gasteiger partial charge < -0.3 is 10.1 Å². The molecule has 1 heterocycles. The summed E-state index contributed by atoms with van der Waals surface area (Å²) in [5, 5.41) is 2.81. The first-order valence-corrected chi connectivity index (χ1v) is 7.78. The zero-order chi connectivity index (χ0) is 15.3. The van der Waals surface area contributed by atoms with Crippen LogP contribution in [0.25, 0.3) is 0 Å². The van der Waals surface area contributed by atoms with Gasteiger partial charge in [0.25, 0.3) is 10.0 Å². The molecule has 1 aromatic heterocycles. The largest absolute Gasteiger partial charge is 0.380 e. The van der Waals surface area contributed by atoms with E-state index in [4.69, 9.17) is 4.74 Å². The molecule has 2 aromatic rings. The molecule has 0 spiro atoms. The van der Waals surface area contributed by atoms with Gasteiger partial charge in [-0.3, -0.25) is 4.72 Å². The third-order valence-corrected chi connectivity index (χ3v) is 4.17. The Hall–Kier alpha value is -2.12. The molecule has 0 atom stereocenters. The van der Waals surface area contributed by atoms with Gasteiger partial charge in [0.2, 0.25) is 0 Å². The van der Waals surface area contributed by atoms with Crippen LogP contribution in [-0.2, 0) is 21.4 Å². The summed E-state index contributed by atoms with van der Waals surface area (Å²) in [6, 6.07) is 9.99. The van der Waals surface area contributed by atoms with Crippen molar-refractivity contribution in [1.29, 1.82) is 0 Å². The summed E-state index contributed by atoms with van der Waals surface area (Å²) in [6.45, 7) is 0.425. The van der Waals surface area contributed by atoms with Crippen LogP contribution < -0.4 is 10.0 Å². The average Bonchev–Trinajstić information content (AvgIpc) is 2.47. The lowest BCUT2D eigenvalue weighted by molar-refractivity contribution is 0.185. The van der Waals surface area contributed by atoms with Crippen LogP contribution in [0.1, 0.15) is 5.56 Å². The third-order valence-electron chi connectivity index (χ3n) is 2.79. The van der Waals surface area contributed by atoms with Crippen molar-refractivity contribution in [3.63, 3.8) is 0 Å². The molecule has 0 amide bonds. The number of anilines is 2. The lowest BCUT2D eigenvalue weighted by atomic mass is 10.2. The molecule has 0 aliphatic heterocycles. The minimum absolute atomic E-state index is 0.152. The molecule has 0 aliphatic rings. The zero-order valence-electron chi connectivity index (χ0n) is 11.8. The molecule has 7 heteroatoms. The van der Waals surface area contributed by atoms with E-state index in [-0.39, 0.29) is 4.90 Å². The smallest absolute Gasteiger partial charge is 0.262 e. The first-order chi connectivity index (χ1) is 10.0. The van der Waals surface area contributed by atoms with E-state index >= 15 is 0 Å². The van der Waals surface area contributed by atoms with Crippen molar-refractivity contribution in [2.45, 2.75) is 11.5 Å². The maximum Gasteiger partial charge on any atom is 0.262 e. The monoisotopic (exact) mass is 307 g/mol. The number of methoxy groups -OCH3 is 1. The van der Waals surface area contributed by atoms with E-state index in [2.05, 4.69) is 15.0 Å². The van der Waals surface area contributed by atoms with E-state index < -0.39 is 10.0 Å². The highest BCUT2D eigenvalue weighted by Crippen LogP contribution is 2.18. The first kappa shape index (κ1) is 15.3. The van der Waals surface area contributed by atoms with Crippen LogP contribution in [0.5, 0.6) is 0 Å². The number of pyridine rings is 1. The van der Waals surface area contributed by atoms with Crippen molar-refractivity contribution in [2.75, 3.05) is 24.2 Å². The summed E-state index contributed by atoms with van der Waals surface area (Å²) >= 11 is 0. The molecule has 0 saturated heterocycles. The van der Waals surface area contributed by atoms with Crippen molar-refractivity contribution < 1.29 is 13.2 Å². The third kappa shape index (κ3) is 3.93. The Morgan fingerprint density at radius 3 is 2.76 bits per heavy atom.